The Morgan fingerprint density at radius 3 is 2.58 bits per heavy atom. The average Bonchev–Trinajstić information content (AvgIpc) is 1.96. The highest BCUT2D eigenvalue weighted by atomic mass is 79.9. The summed E-state index contributed by atoms with van der Waals surface area (Å²) in [7, 11) is 0. The second-order valence-corrected chi connectivity index (χ2v) is 2.84. The Balaban J connectivity index is 3.18. The molecule has 1 nitrogen and oxygen atoms in total. The first-order valence-corrected chi connectivity index (χ1v) is 3.86. The lowest BCUT2D eigenvalue weighted by molar-refractivity contribution is 0.434. The number of rotatable bonds is 2. The first-order valence-electron chi connectivity index (χ1n) is 3.07. The largest absolute Gasteiger partial charge is 0.461 e. The molecule has 4 heteroatoms. The first kappa shape index (κ1) is 9.19. The minimum absolute atomic E-state index is 0.0635. The number of halogens is 3. The highest BCUT2D eigenvalue weighted by Gasteiger charge is 2.09. The third-order valence-corrected chi connectivity index (χ3v) is 1.75. The van der Waals surface area contributed by atoms with Crippen molar-refractivity contribution in [3.8, 4) is 5.75 Å². The fourth-order valence-electron chi connectivity index (χ4n) is 0.725. The van der Waals surface area contributed by atoms with Gasteiger partial charge in [-0.15, -0.1) is 0 Å². The SMILES string of the molecule is C=COc1c(F)cc(F)cc1Br. The minimum Gasteiger partial charge on any atom is -0.461 e. The summed E-state index contributed by atoms with van der Waals surface area (Å²) in [5.74, 6) is -1.48. The maximum absolute atomic E-state index is 12.9. The molecule has 0 saturated heterocycles. The molecule has 1 aromatic rings. The van der Waals surface area contributed by atoms with Crippen molar-refractivity contribution in [2.45, 2.75) is 0 Å². The van der Waals surface area contributed by atoms with E-state index in [-0.39, 0.29) is 10.2 Å². The molecule has 0 aliphatic rings. The standard InChI is InChI=1S/C8H5BrF2O/c1-2-12-8-6(9)3-5(10)4-7(8)11/h2-4H,1H2. The molecule has 0 saturated carbocycles. The molecule has 0 aliphatic carbocycles. The maximum Gasteiger partial charge on any atom is 0.176 e. The van der Waals surface area contributed by atoms with E-state index in [0.717, 1.165) is 18.4 Å². The zero-order valence-electron chi connectivity index (χ0n) is 5.98. The van der Waals surface area contributed by atoms with Gasteiger partial charge in [-0.25, -0.2) is 8.78 Å². The van der Waals surface area contributed by atoms with Gasteiger partial charge in [0.2, 0.25) is 0 Å². The molecule has 12 heavy (non-hydrogen) atoms. The summed E-state index contributed by atoms with van der Waals surface area (Å²) < 4.78 is 30.3. The van der Waals surface area contributed by atoms with Gasteiger partial charge in [0.25, 0.3) is 0 Å². The van der Waals surface area contributed by atoms with E-state index in [4.69, 9.17) is 4.74 Å². The van der Waals surface area contributed by atoms with Crippen LogP contribution < -0.4 is 4.74 Å². The van der Waals surface area contributed by atoms with E-state index >= 15 is 0 Å². The minimum atomic E-state index is -0.762. The molecule has 0 fully saturated rings. The molecule has 0 radical (unpaired) electrons. The van der Waals surface area contributed by atoms with Gasteiger partial charge in [0.15, 0.2) is 11.6 Å². The Kier molecular flexibility index (Phi) is 2.81. The molecule has 0 unspecified atom stereocenters. The fraction of sp³-hybridized carbons (Fsp3) is 0. The van der Waals surface area contributed by atoms with Crippen LogP contribution in [0.3, 0.4) is 0 Å². The van der Waals surface area contributed by atoms with E-state index in [1.54, 1.807) is 0 Å². The fourth-order valence-corrected chi connectivity index (χ4v) is 1.23. The number of benzene rings is 1. The molecule has 0 heterocycles. The molecule has 0 bridgehead atoms. The lowest BCUT2D eigenvalue weighted by Gasteiger charge is -2.03. The predicted molar refractivity (Wildman–Crippen MR) is 44.9 cm³/mol. The van der Waals surface area contributed by atoms with Crippen LogP contribution in [-0.4, -0.2) is 0 Å². The molecule has 1 aromatic carbocycles. The Morgan fingerprint density at radius 2 is 2.08 bits per heavy atom. The molecule has 64 valence electrons. The van der Waals surface area contributed by atoms with Crippen LogP contribution in [0.25, 0.3) is 0 Å². The molecular weight excluding hydrogens is 230 g/mol. The monoisotopic (exact) mass is 234 g/mol. The van der Waals surface area contributed by atoms with Crippen LogP contribution in [-0.2, 0) is 0 Å². The average molecular weight is 235 g/mol. The first-order chi connectivity index (χ1) is 5.65. The van der Waals surface area contributed by atoms with Gasteiger partial charge in [0.05, 0.1) is 10.7 Å². The van der Waals surface area contributed by atoms with E-state index in [2.05, 4.69) is 22.5 Å². The van der Waals surface area contributed by atoms with Gasteiger partial charge in [-0.1, -0.05) is 6.58 Å². The van der Waals surface area contributed by atoms with Crippen molar-refractivity contribution in [3.05, 3.63) is 41.1 Å². The third kappa shape index (κ3) is 1.82. The van der Waals surface area contributed by atoms with Gasteiger partial charge < -0.3 is 4.74 Å². The lowest BCUT2D eigenvalue weighted by Crippen LogP contribution is -1.89. The van der Waals surface area contributed by atoms with Crippen LogP contribution in [0.15, 0.2) is 29.4 Å². The van der Waals surface area contributed by atoms with Gasteiger partial charge in [0.1, 0.15) is 5.82 Å². The van der Waals surface area contributed by atoms with E-state index in [1.807, 2.05) is 0 Å². The van der Waals surface area contributed by atoms with Crippen molar-refractivity contribution in [1.29, 1.82) is 0 Å². The number of hydrogen-bond donors (Lipinski definition) is 0. The topological polar surface area (TPSA) is 9.23 Å². The summed E-state index contributed by atoms with van der Waals surface area (Å²) in [6.45, 7) is 3.26. The third-order valence-electron chi connectivity index (χ3n) is 1.16. The summed E-state index contributed by atoms with van der Waals surface area (Å²) in [5.41, 5.74) is 0. The Hall–Kier alpha value is -0.900. The van der Waals surface area contributed by atoms with Crippen LogP contribution in [0.1, 0.15) is 0 Å². The Labute approximate surface area is 76.8 Å². The highest BCUT2D eigenvalue weighted by molar-refractivity contribution is 9.10. The normalized spacial score (nSPS) is 9.58. The molecule has 0 atom stereocenters. The second-order valence-electron chi connectivity index (χ2n) is 1.98. The molecular formula is C8H5BrF2O. The van der Waals surface area contributed by atoms with Crippen molar-refractivity contribution >= 4 is 15.9 Å². The summed E-state index contributed by atoms with van der Waals surface area (Å²) in [5, 5.41) is 0. The molecule has 0 spiro atoms. The van der Waals surface area contributed by atoms with Crippen molar-refractivity contribution in [1.82, 2.24) is 0 Å². The molecule has 0 aromatic heterocycles. The summed E-state index contributed by atoms with van der Waals surface area (Å²) in [6, 6.07) is 1.85. The van der Waals surface area contributed by atoms with E-state index < -0.39 is 11.6 Å². The highest BCUT2D eigenvalue weighted by Crippen LogP contribution is 2.29. The van der Waals surface area contributed by atoms with E-state index in [0.29, 0.717) is 0 Å². The van der Waals surface area contributed by atoms with Gasteiger partial charge in [0, 0.05) is 6.07 Å². The van der Waals surface area contributed by atoms with Gasteiger partial charge in [-0.05, 0) is 22.0 Å². The zero-order valence-corrected chi connectivity index (χ0v) is 7.57. The van der Waals surface area contributed by atoms with Crippen LogP contribution >= 0.6 is 15.9 Å². The second kappa shape index (κ2) is 3.67. The van der Waals surface area contributed by atoms with Crippen LogP contribution in [0, 0.1) is 11.6 Å². The quantitative estimate of drug-likeness (QED) is 0.715. The lowest BCUT2D eigenvalue weighted by atomic mass is 10.3. The van der Waals surface area contributed by atoms with E-state index in [9.17, 15) is 8.78 Å². The number of hydrogen-bond acceptors (Lipinski definition) is 1. The van der Waals surface area contributed by atoms with Crippen molar-refractivity contribution in [3.63, 3.8) is 0 Å². The Bertz CT molecular complexity index is 289. The molecule has 1 rings (SSSR count). The maximum atomic E-state index is 12.9. The smallest absolute Gasteiger partial charge is 0.176 e. The van der Waals surface area contributed by atoms with Crippen molar-refractivity contribution in [2.75, 3.05) is 0 Å². The predicted octanol–water partition coefficient (Wildman–Crippen LogP) is 3.25. The van der Waals surface area contributed by atoms with Crippen molar-refractivity contribution < 1.29 is 13.5 Å². The molecule has 0 N–H and O–H groups in total. The van der Waals surface area contributed by atoms with Crippen LogP contribution in [0.5, 0.6) is 5.75 Å². The van der Waals surface area contributed by atoms with Gasteiger partial charge in [-0.2, -0.15) is 0 Å². The van der Waals surface area contributed by atoms with Crippen molar-refractivity contribution in [2.24, 2.45) is 0 Å². The molecule has 0 aliphatic heterocycles. The van der Waals surface area contributed by atoms with Gasteiger partial charge in [-0.3, -0.25) is 0 Å². The molecule has 0 amide bonds. The van der Waals surface area contributed by atoms with Gasteiger partial charge >= 0.3 is 0 Å². The summed E-state index contributed by atoms with van der Waals surface area (Å²) in [4.78, 5) is 0. The zero-order chi connectivity index (χ0) is 9.14. The Morgan fingerprint density at radius 1 is 1.42 bits per heavy atom. The summed E-state index contributed by atoms with van der Waals surface area (Å²) in [6.07, 6.45) is 1.07. The van der Waals surface area contributed by atoms with Crippen LogP contribution in [0.4, 0.5) is 8.78 Å². The van der Waals surface area contributed by atoms with Crippen LogP contribution in [0.2, 0.25) is 0 Å². The summed E-state index contributed by atoms with van der Waals surface area (Å²) >= 11 is 2.95. The number of ether oxygens (including phenoxy) is 1. The van der Waals surface area contributed by atoms with E-state index in [1.165, 1.54) is 0 Å².